The van der Waals surface area contributed by atoms with Crippen LogP contribution in [0.4, 0.5) is 0 Å². The zero-order valence-electron chi connectivity index (χ0n) is 5.98. The van der Waals surface area contributed by atoms with Crippen molar-refractivity contribution in [2.45, 2.75) is 38.5 Å². The molecule has 1 fully saturated rings. The van der Waals surface area contributed by atoms with Gasteiger partial charge in [0, 0.05) is 6.10 Å². The van der Waals surface area contributed by atoms with Crippen LogP contribution in [0.1, 0.15) is 19.8 Å². The van der Waals surface area contributed by atoms with Gasteiger partial charge in [0.25, 0.3) is 7.63 Å². The summed E-state index contributed by atoms with van der Waals surface area (Å²) < 4.78 is 5.58. The van der Waals surface area contributed by atoms with Crippen molar-refractivity contribution in [2.75, 3.05) is 0 Å². The van der Waals surface area contributed by atoms with Gasteiger partial charge in [-0.1, -0.05) is 6.42 Å². The fourth-order valence-corrected chi connectivity index (χ4v) is 4.01. The molecule has 54 valence electrons. The van der Waals surface area contributed by atoms with Crippen molar-refractivity contribution >= 4 is 18.7 Å². The molecule has 0 aromatic rings. The van der Waals surface area contributed by atoms with Crippen LogP contribution < -0.4 is 0 Å². The highest BCUT2D eigenvalue weighted by Crippen LogP contribution is 2.28. The predicted molar refractivity (Wildman–Crippen MR) is 42.1 cm³/mol. The number of hydrogen-bond acceptors (Lipinski definition) is 1. The molecule has 1 nitrogen and oxygen atoms in total. The molecule has 1 aliphatic heterocycles. The molecule has 1 aliphatic rings. The molecule has 1 rings (SSSR count). The van der Waals surface area contributed by atoms with E-state index in [2.05, 4.69) is 13.5 Å². The standard InChI is InChI=1S/C6H13ClOSi/c1-6-4-3-5-9(2,7)8-6/h6H,3-5H2,1-2H3. The largest absolute Gasteiger partial charge is 0.400 e. The first-order valence-electron chi connectivity index (χ1n) is 3.47. The maximum absolute atomic E-state index is 6.08. The van der Waals surface area contributed by atoms with Crippen LogP contribution in [0, 0.1) is 0 Å². The smallest absolute Gasteiger partial charge is 0.287 e. The van der Waals surface area contributed by atoms with Crippen molar-refractivity contribution in [3.05, 3.63) is 0 Å². The average molecular weight is 165 g/mol. The van der Waals surface area contributed by atoms with E-state index in [4.69, 9.17) is 15.5 Å². The third kappa shape index (κ3) is 2.28. The lowest BCUT2D eigenvalue weighted by Crippen LogP contribution is -2.35. The third-order valence-electron chi connectivity index (χ3n) is 1.68. The fourth-order valence-electron chi connectivity index (χ4n) is 1.24. The summed E-state index contributed by atoms with van der Waals surface area (Å²) in [6.07, 6.45) is 2.86. The lowest BCUT2D eigenvalue weighted by molar-refractivity contribution is 0.186. The third-order valence-corrected chi connectivity index (χ3v) is 4.66. The molecular weight excluding hydrogens is 152 g/mol. The van der Waals surface area contributed by atoms with Crippen molar-refractivity contribution in [2.24, 2.45) is 0 Å². The molecule has 0 radical (unpaired) electrons. The van der Waals surface area contributed by atoms with Crippen LogP contribution in [-0.2, 0) is 4.43 Å². The molecule has 0 aromatic heterocycles. The van der Waals surface area contributed by atoms with Crippen LogP contribution in [0.3, 0.4) is 0 Å². The van der Waals surface area contributed by atoms with Crippen molar-refractivity contribution in [1.82, 2.24) is 0 Å². The summed E-state index contributed by atoms with van der Waals surface area (Å²) >= 11 is 6.08. The molecule has 2 atom stereocenters. The van der Waals surface area contributed by atoms with E-state index in [1.165, 1.54) is 12.8 Å². The second-order valence-corrected chi connectivity index (χ2v) is 8.26. The number of hydrogen-bond donors (Lipinski definition) is 0. The molecule has 0 saturated carbocycles. The van der Waals surface area contributed by atoms with Crippen LogP contribution in [0.5, 0.6) is 0 Å². The van der Waals surface area contributed by atoms with Gasteiger partial charge in [0.1, 0.15) is 0 Å². The van der Waals surface area contributed by atoms with Gasteiger partial charge in [-0.05, 0) is 25.9 Å². The second kappa shape index (κ2) is 2.60. The minimum atomic E-state index is -1.68. The van der Waals surface area contributed by atoms with Crippen molar-refractivity contribution in [3.63, 3.8) is 0 Å². The molecule has 0 bridgehead atoms. The highest BCUT2D eigenvalue weighted by molar-refractivity contribution is 7.16. The van der Waals surface area contributed by atoms with Crippen molar-refractivity contribution < 1.29 is 4.43 Å². The van der Waals surface area contributed by atoms with E-state index >= 15 is 0 Å². The van der Waals surface area contributed by atoms with Gasteiger partial charge in [0.2, 0.25) is 0 Å². The molecule has 0 aliphatic carbocycles. The summed E-state index contributed by atoms with van der Waals surface area (Å²) in [5.74, 6) is 0. The van der Waals surface area contributed by atoms with Crippen LogP contribution in [0.2, 0.25) is 12.6 Å². The Hall–Kier alpha value is 0.467. The minimum absolute atomic E-state index is 0.410. The first kappa shape index (κ1) is 7.57. The zero-order valence-corrected chi connectivity index (χ0v) is 7.74. The Morgan fingerprint density at radius 3 is 2.67 bits per heavy atom. The SMILES string of the molecule is CC1CCC[Si](C)(Cl)O1. The maximum atomic E-state index is 6.08. The maximum Gasteiger partial charge on any atom is 0.287 e. The summed E-state index contributed by atoms with van der Waals surface area (Å²) in [4.78, 5) is 0. The second-order valence-electron chi connectivity index (χ2n) is 2.92. The van der Waals surface area contributed by atoms with E-state index in [9.17, 15) is 0 Å². The van der Waals surface area contributed by atoms with Crippen LogP contribution in [0.15, 0.2) is 0 Å². The van der Waals surface area contributed by atoms with Gasteiger partial charge in [-0.25, -0.2) is 0 Å². The van der Waals surface area contributed by atoms with Gasteiger partial charge in [-0.15, -0.1) is 11.1 Å². The van der Waals surface area contributed by atoms with Crippen molar-refractivity contribution in [3.8, 4) is 0 Å². The molecule has 1 saturated heterocycles. The molecule has 0 spiro atoms. The molecule has 2 unspecified atom stereocenters. The molecule has 3 heteroatoms. The molecule has 9 heavy (non-hydrogen) atoms. The highest BCUT2D eigenvalue weighted by Gasteiger charge is 2.31. The minimum Gasteiger partial charge on any atom is -0.400 e. The summed E-state index contributed by atoms with van der Waals surface area (Å²) in [6, 6.07) is 1.12. The van der Waals surface area contributed by atoms with E-state index < -0.39 is 7.63 Å². The Morgan fingerprint density at radius 1 is 1.67 bits per heavy atom. The molecule has 0 aromatic carbocycles. The van der Waals surface area contributed by atoms with Gasteiger partial charge < -0.3 is 4.43 Å². The summed E-state index contributed by atoms with van der Waals surface area (Å²) in [6.45, 7) is 4.18. The van der Waals surface area contributed by atoms with Gasteiger partial charge in [-0.2, -0.15) is 0 Å². The summed E-state index contributed by atoms with van der Waals surface area (Å²) in [5, 5.41) is 0. The normalized spacial score (nSPS) is 45.0. The van der Waals surface area contributed by atoms with Crippen molar-refractivity contribution in [1.29, 1.82) is 0 Å². The Bertz CT molecular complexity index is 105. The Balaban J connectivity index is 2.41. The zero-order chi connectivity index (χ0) is 6.91. The Morgan fingerprint density at radius 2 is 2.33 bits per heavy atom. The molecule has 0 amide bonds. The predicted octanol–water partition coefficient (Wildman–Crippen LogP) is 2.50. The molecule has 1 heterocycles. The number of halogens is 1. The summed E-state index contributed by atoms with van der Waals surface area (Å²) in [7, 11) is -1.68. The fraction of sp³-hybridized carbons (Fsp3) is 1.00. The highest BCUT2D eigenvalue weighted by atomic mass is 35.6. The van der Waals surface area contributed by atoms with E-state index in [1.54, 1.807) is 0 Å². The van der Waals surface area contributed by atoms with E-state index in [-0.39, 0.29) is 0 Å². The van der Waals surface area contributed by atoms with Crippen LogP contribution >= 0.6 is 11.1 Å². The lowest BCUT2D eigenvalue weighted by Gasteiger charge is -2.29. The monoisotopic (exact) mass is 164 g/mol. The molecule has 0 N–H and O–H groups in total. The van der Waals surface area contributed by atoms with Crippen LogP contribution in [0.25, 0.3) is 0 Å². The first-order valence-corrected chi connectivity index (χ1v) is 7.10. The van der Waals surface area contributed by atoms with E-state index in [0.717, 1.165) is 6.04 Å². The lowest BCUT2D eigenvalue weighted by atomic mass is 10.2. The average Bonchev–Trinajstić information content (AvgIpc) is 1.60. The topological polar surface area (TPSA) is 9.23 Å². The van der Waals surface area contributed by atoms with Gasteiger partial charge in [0.15, 0.2) is 0 Å². The van der Waals surface area contributed by atoms with Gasteiger partial charge in [0.05, 0.1) is 0 Å². The van der Waals surface area contributed by atoms with E-state index in [0.29, 0.717) is 6.10 Å². The Kier molecular flexibility index (Phi) is 2.19. The number of rotatable bonds is 0. The van der Waals surface area contributed by atoms with E-state index in [1.807, 2.05) is 0 Å². The van der Waals surface area contributed by atoms with Gasteiger partial charge in [-0.3, -0.25) is 0 Å². The Labute approximate surface area is 62.2 Å². The first-order chi connectivity index (χ1) is 4.10. The van der Waals surface area contributed by atoms with Crippen LogP contribution in [-0.4, -0.2) is 13.7 Å². The van der Waals surface area contributed by atoms with Gasteiger partial charge >= 0.3 is 0 Å². The summed E-state index contributed by atoms with van der Waals surface area (Å²) in [5.41, 5.74) is 0. The quantitative estimate of drug-likeness (QED) is 0.395. The molecular formula is C6H13ClOSi.